The molecule has 0 radical (unpaired) electrons. The highest BCUT2D eigenvalue weighted by Crippen LogP contribution is 2.29. The van der Waals surface area contributed by atoms with Gasteiger partial charge in [-0.2, -0.15) is 5.26 Å². The Hall–Kier alpha value is -4.50. The smallest absolute Gasteiger partial charge is 0.228 e. The monoisotopic (exact) mass is 444 g/mol. The lowest BCUT2D eigenvalue weighted by atomic mass is 9.93. The number of anilines is 2. The molecule has 0 saturated carbocycles. The first-order valence-corrected chi connectivity index (χ1v) is 11.1. The van der Waals surface area contributed by atoms with E-state index in [1.165, 1.54) is 22.3 Å². The molecule has 5 rings (SSSR count). The molecular formula is C28H24N6. The van der Waals surface area contributed by atoms with Gasteiger partial charge >= 0.3 is 0 Å². The summed E-state index contributed by atoms with van der Waals surface area (Å²) in [6.07, 6.45) is 6.36. The van der Waals surface area contributed by atoms with Gasteiger partial charge in [0.2, 0.25) is 5.95 Å². The van der Waals surface area contributed by atoms with Crippen LogP contribution in [-0.4, -0.2) is 19.5 Å². The number of nitrogens with one attached hydrogen (secondary N) is 1. The molecule has 0 saturated heterocycles. The van der Waals surface area contributed by atoms with Crippen molar-refractivity contribution in [3.63, 3.8) is 0 Å². The molecule has 34 heavy (non-hydrogen) atoms. The molecule has 0 unspecified atom stereocenters. The summed E-state index contributed by atoms with van der Waals surface area (Å²) in [4.78, 5) is 13.8. The van der Waals surface area contributed by atoms with Crippen LogP contribution in [0.4, 0.5) is 11.6 Å². The van der Waals surface area contributed by atoms with E-state index in [1.807, 2.05) is 56.0 Å². The number of aryl methyl sites for hydroxylation is 3. The summed E-state index contributed by atoms with van der Waals surface area (Å²) in [5.74, 6) is 0.544. The Morgan fingerprint density at radius 3 is 2.29 bits per heavy atom. The molecule has 6 nitrogen and oxygen atoms in total. The molecule has 0 bridgehead atoms. The first-order valence-electron chi connectivity index (χ1n) is 11.1. The van der Waals surface area contributed by atoms with Crippen molar-refractivity contribution in [3.05, 3.63) is 101 Å². The molecular weight excluding hydrogens is 420 g/mol. The standard InChI is InChI=1S/C28H24N6/c1-18-14-22(21-8-11-30-12-9-21)15-19(2)24(18)16-26-27-25(10-13-34(27)3)32-28(33-26)31-23-6-4-20(17-29)5-7-23/h4-15H,16H2,1-3H3,(H,31,32,33). The van der Waals surface area contributed by atoms with Crippen molar-refractivity contribution < 1.29 is 0 Å². The molecule has 0 aliphatic carbocycles. The molecule has 0 atom stereocenters. The summed E-state index contributed by atoms with van der Waals surface area (Å²) in [5.41, 5.74) is 10.4. The fourth-order valence-electron chi connectivity index (χ4n) is 4.37. The summed E-state index contributed by atoms with van der Waals surface area (Å²) in [5, 5.41) is 12.3. The van der Waals surface area contributed by atoms with Crippen LogP contribution in [0.3, 0.4) is 0 Å². The van der Waals surface area contributed by atoms with Crippen molar-refractivity contribution in [2.24, 2.45) is 7.05 Å². The number of pyridine rings is 1. The number of hydrogen-bond donors (Lipinski definition) is 1. The van der Waals surface area contributed by atoms with Gasteiger partial charge in [0.25, 0.3) is 0 Å². The zero-order valence-corrected chi connectivity index (χ0v) is 19.4. The van der Waals surface area contributed by atoms with E-state index < -0.39 is 0 Å². The van der Waals surface area contributed by atoms with Crippen LogP contribution in [0.5, 0.6) is 0 Å². The lowest BCUT2D eigenvalue weighted by molar-refractivity contribution is 0.936. The van der Waals surface area contributed by atoms with Crippen LogP contribution in [0.2, 0.25) is 0 Å². The van der Waals surface area contributed by atoms with Crippen LogP contribution in [0, 0.1) is 25.2 Å². The van der Waals surface area contributed by atoms with E-state index in [2.05, 4.69) is 46.9 Å². The Morgan fingerprint density at radius 2 is 1.62 bits per heavy atom. The number of rotatable bonds is 5. The van der Waals surface area contributed by atoms with Gasteiger partial charge in [-0.3, -0.25) is 4.98 Å². The fourth-order valence-corrected chi connectivity index (χ4v) is 4.37. The highest BCUT2D eigenvalue weighted by atomic mass is 15.1. The van der Waals surface area contributed by atoms with E-state index in [4.69, 9.17) is 15.2 Å². The van der Waals surface area contributed by atoms with Gasteiger partial charge in [0.05, 0.1) is 28.4 Å². The molecule has 3 aromatic heterocycles. The van der Waals surface area contributed by atoms with Crippen LogP contribution in [0.1, 0.15) is 27.9 Å². The molecule has 0 amide bonds. The Bertz CT molecular complexity index is 1500. The van der Waals surface area contributed by atoms with Crippen molar-refractivity contribution in [1.82, 2.24) is 19.5 Å². The van der Waals surface area contributed by atoms with Gasteiger partial charge in [0.1, 0.15) is 0 Å². The van der Waals surface area contributed by atoms with E-state index in [9.17, 15) is 0 Å². The number of hydrogen-bond acceptors (Lipinski definition) is 5. The highest BCUT2D eigenvalue weighted by molar-refractivity contribution is 5.80. The molecule has 166 valence electrons. The summed E-state index contributed by atoms with van der Waals surface area (Å²) in [7, 11) is 2.02. The van der Waals surface area contributed by atoms with Crippen LogP contribution < -0.4 is 5.32 Å². The Morgan fingerprint density at radius 1 is 0.912 bits per heavy atom. The number of benzene rings is 2. The van der Waals surface area contributed by atoms with Crippen molar-refractivity contribution in [3.8, 4) is 17.2 Å². The summed E-state index contributed by atoms with van der Waals surface area (Å²) < 4.78 is 2.08. The normalized spacial score (nSPS) is 10.9. The van der Waals surface area contributed by atoms with E-state index in [-0.39, 0.29) is 0 Å². The first kappa shape index (κ1) is 21.4. The number of nitrogens with zero attached hydrogens (tertiary/aromatic N) is 5. The maximum atomic E-state index is 9.04. The second-order valence-corrected chi connectivity index (χ2v) is 8.47. The van der Waals surface area contributed by atoms with Crippen molar-refractivity contribution in [1.29, 1.82) is 5.26 Å². The van der Waals surface area contributed by atoms with Crippen LogP contribution in [0.25, 0.3) is 22.2 Å². The minimum absolute atomic E-state index is 0.544. The van der Waals surface area contributed by atoms with Gasteiger partial charge in [-0.25, -0.2) is 9.97 Å². The zero-order chi connectivity index (χ0) is 23.7. The van der Waals surface area contributed by atoms with Gasteiger partial charge in [-0.1, -0.05) is 12.1 Å². The molecule has 3 heterocycles. The van der Waals surface area contributed by atoms with Gasteiger partial charge in [-0.05, 0) is 84.1 Å². The third-order valence-electron chi connectivity index (χ3n) is 6.12. The SMILES string of the molecule is Cc1cc(-c2ccncc2)cc(C)c1Cc1nc(Nc2ccc(C#N)cc2)nc2ccn(C)c12. The van der Waals surface area contributed by atoms with E-state index in [1.54, 1.807) is 12.1 Å². The van der Waals surface area contributed by atoms with E-state index in [0.717, 1.165) is 28.0 Å². The summed E-state index contributed by atoms with van der Waals surface area (Å²) in [6, 6.07) is 20.0. The van der Waals surface area contributed by atoms with Gasteiger partial charge in [-0.15, -0.1) is 0 Å². The summed E-state index contributed by atoms with van der Waals surface area (Å²) in [6.45, 7) is 4.32. The van der Waals surface area contributed by atoms with E-state index >= 15 is 0 Å². The van der Waals surface area contributed by atoms with Crippen LogP contribution in [0.15, 0.2) is 73.2 Å². The Balaban J connectivity index is 1.53. The molecule has 0 spiro atoms. The quantitative estimate of drug-likeness (QED) is 0.368. The summed E-state index contributed by atoms with van der Waals surface area (Å²) >= 11 is 0. The zero-order valence-electron chi connectivity index (χ0n) is 19.4. The number of nitriles is 1. The maximum absolute atomic E-state index is 9.04. The largest absolute Gasteiger partial charge is 0.348 e. The second-order valence-electron chi connectivity index (χ2n) is 8.47. The lowest BCUT2D eigenvalue weighted by Gasteiger charge is -2.15. The number of aromatic nitrogens is 4. The third-order valence-corrected chi connectivity index (χ3v) is 6.12. The van der Waals surface area contributed by atoms with Crippen molar-refractivity contribution >= 4 is 22.7 Å². The topological polar surface area (TPSA) is 79.4 Å². The molecule has 0 fully saturated rings. The molecule has 6 heteroatoms. The highest BCUT2D eigenvalue weighted by Gasteiger charge is 2.15. The van der Waals surface area contributed by atoms with Gasteiger partial charge in [0, 0.05) is 37.7 Å². The van der Waals surface area contributed by atoms with Crippen molar-refractivity contribution in [2.75, 3.05) is 5.32 Å². The predicted molar refractivity (Wildman–Crippen MR) is 135 cm³/mol. The minimum Gasteiger partial charge on any atom is -0.348 e. The van der Waals surface area contributed by atoms with Gasteiger partial charge < -0.3 is 9.88 Å². The molecule has 0 aliphatic rings. The predicted octanol–water partition coefficient (Wildman–Crippen LogP) is 5.85. The average Bonchev–Trinajstić information content (AvgIpc) is 3.23. The van der Waals surface area contributed by atoms with Crippen molar-refractivity contribution in [2.45, 2.75) is 20.3 Å². The Labute approximate surface area is 198 Å². The molecule has 5 aromatic rings. The van der Waals surface area contributed by atoms with Gasteiger partial charge in [0.15, 0.2) is 0 Å². The minimum atomic E-state index is 0.544. The first-order chi connectivity index (χ1) is 16.5. The molecule has 1 N–H and O–H groups in total. The molecule has 0 aliphatic heterocycles. The average molecular weight is 445 g/mol. The van der Waals surface area contributed by atoms with Crippen LogP contribution in [-0.2, 0) is 13.5 Å². The lowest BCUT2D eigenvalue weighted by Crippen LogP contribution is -2.06. The maximum Gasteiger partial charge on any atom is 0.228 e. The van der Waals surface area contributed by atoms with E-state index in [0.29, 0.717) is 17.9 Å². The Kier molecular flexibility index (Phi) is 5.52. The third kappa shape index (κ3) is 4.12. The van der Waals surface area contributed by atoms with Crippen LogP contribution >= 0.6 is 0 Å². The second kappa shape index (κ2) is 8.80. The fraction of sp³-hybridized carbons (Fsp3) is 0.143. The molecule has 2 aromatic carbocycles. The number of fused-ring (bicyclic) bond motifs is 1.